The number of anilines is 1. The second-order valence-corrected chi connectivity index (χ2v) is 8.40. The molecule has 28 heavy (non-hydrogen) atoms. The molecule has 2 aromatic rings. The predicted molar refractivity (Wildman–Crippen MR) is 111 cm³/mol. The Kier molecular flexibility index (Phi) is 6.39. The maximum absolute atomic E-state index is 12.7. The van der Waals surface area contributed by atoms with E-state index in [0.717, 1.165) is 36.1 Å². The van der Waals surface area contributed by atoms with Crippen LogP contribution in [0.5, 0.6) is 5.75 Å². The Morgan fingerprint density at radius 1 is 1.29 bits per heavy atom. The number of benzene rings is 1. The van der Waals surface area contributed by atoms with E-state index in [2.05, 4.69) is 19.2 Å². The number of methoxy groups -OCH3 is 1. The summed E-state index contributed by atoms with van der Waals surface area (Å²) in [6.45, 7) is 6.00. The highest BCUT2D eigenvalue weighted by Gasteiger charge is 2.29. The minimum absolute atomic E-state index is 0.281. The summed E-state index contributed by atoms with van der Waals surface area (Å²) in [6.07, 6.45) is 3.07. The third-order valence-electron chi connectivity index (χ3n) is 5.15. The first kappa shape index (κ1) is 20.4. The first-order chi connectivity index (χ1) is 13.4. The SMILES string of the molecule is CCc1ccc(O[C@H](C)C(=O)Nc2sc3c(c2C(=O)OC)CC[C@H](C)C3)cc1. The molecule has 0 fully saturated rings. The molecule has 0 aliphatic heterocycles. The van der Waals surface area contributed by atoms with E-state index >= 15 is 0 Å². The molecule has 0 saturated heterocycles. The van der Waals surface area contributed by atoms with Crippen LogP contribution in [0.2, 0.25) is 0 Å². The Bertz CT molecular complexity index is 856. The fourth-order valence-corrected chi connectivity index (χ4v) is 4.83. The number of fused-ring (bicyclic) bond motifs is 1. The van der Waals surface area contributed by atoms with Crippen molar-refractivity contribution >= 4 is 28.2 Å². The van der Waals surface area contributed by atoms with E-state index in [-0.39, 0.29) is 5.91 Å². The normalized spacial score (nSPS) is 16.8. The second kappa shape index (κ2) is 8.78. The van der Waals surface area contributed by atoms with E-state index in [0.29, 0.717) is 22.2 Å². The topological polar surface area (TPSA) is 64.6 Å². The Labute approximate surface area is 170 Å². The Morgan fingerprint density at radius 2 is 2.00 bits per heavy atom. The lowest BCUT2D eigenvalue weighted by Gasteiger charge is -2.18. The molecule has 0 radical (unpaired) electrons. The van der Waals surface area contributed by atoms with Crippen molar-refractivity contribution in [2.75, 3.05) is 12.4 Å². The van der Waals surface area contributed by atoms with Gasteiger partial charge in [0.25, 0.3) is 5.91 Å². The fraction of sp³-hybridized carbons (Fsp3) is 0.455. The molecule has 1 N–H and O–H groups in total. The summed E-state index contributed by atoms with van der Waals surface area (Å²) >= 11 is 1.48. The van der Waals surface area contributed by atoms with Crippen LogP contribution < -0.4 is 10.1 Å². The molecule has 5 nitrogen and oxygen atoms in total. The molecule has 1 aromatic carbocycles. The number of ether oxygens (including phenoxy) is 2. The molecule has 1 aromatic heterocycles. The Balaban J connectivity index is 1.76. The van der Waals surface area contributed by atoms with Crippen LogP contribution >= 0.6 is 11.3 Å². The van der Waals surface area contributed by atoms with Crippen LogP contribution in [0.3, 0.4) is 0 Å². The lowest BCUT2D eigenvalue weighted by Crippen LogP contribution is -2.30. The largest absolute Gasteiger partial charge is 0.481 e. The van der Waals surface area contributed by atoms with Crippen LogP contribution in [0.25, 0.3) is 0 Å². The number of carbonyl (C=O) groups excluding carboxylic acids is 2. The van der Waals surface area contributed by atoms with Gasteiger partial charge in [0.1, 0.15) is 10.8 Å². The third kappa shape index (κ3) is 4.38. The summed E-state index contributed by atoms with van der Waals surface area (Å²) < 4.78 is 10.7. The molecule has 1 heterocycles. The van der Waals surface area contributed by atoms with Gasteiger partial charge in [-0.25, -0.2) is 4.79 Å². The number of carbonyl (C=O) groups is 2. The van der Waals surface area contributed by atoms with E-state index in [9.17, 15) is 9.59 Å². The van der Waals surface area contributed by atoms with E-state index < -0.39 is 12.1 Å². The van der Waals surface area contributed by atoms with Gasteiger partial charge in [-0.1, -0.05) is 26.0 Å². The van der Waals surface area contributed by atoms with Gasteiger partial charge in [0.05, 0.1) is 12.7 Å². The zero-order chi connectivity index (χ0) is 20.3. The van der Waals surface area contributed by atoms with Gasteiger partial charge in [0, 0.05) is 4.88 Å². The fourth-order valence-electron chi connectivity index (χ4n) is 3.43. The van der Waals surface area contributed by atoms with Gasteiger partial charge in [-0.15, -0.1) is 11.3 Å². The zero-order valence-corrected chi connectivity index (χ0v) is 17.7. The molecular formula is C22H27NO4S. The first-order valence-corrected chi connectivity index (χ1v) is 10.5. The van der Waals surface area contributed by atoms with Crippen molar-refractivity contribution in [3.8, 4) is 5.75 Å². The van der Waals surface area contributed by atoms with Crippen molar-refractivity contribution in [3.63, 3.8) is 0 Å². The summed E-state index contributed by atoms with van der Waals surface area (Å²) in [5, 5.41) is 3.46. The van der Waals surface area contributed by atoms with Crippen LogP contribution in [0.1, 0.15) is 53.6 Å². The van der Waals surface area contributed by atoms with Gasteiger partial charge in [-0.2, -0.15) is 0 Å². The van der Waals surface area contributed by atoms with Crippen molar-refractivity contribution in [1.29, 1.82) is 0 Å². The molecule has 0 unspecified atom stereocenters. The molecule has 1 aliphatic carbocycles. The summed E-state index contributed by atoms with van der Waals surface area (Å²) in [7, 11) is 1.37. The van der Waals surface area contributed by atoms with E-state index in [1.165, 1.54) is 24.0 Å². The van der Waals surface area contributed by atoms with Crippen LogP contribution in [-0.2, 0) is 28.8 Å². The van der Waals surface area contributed by atoms with Gasteiger partial charge in [0.2, 0.25) is 0 Å². The number of hydrogen-bond acceptors (Lipinski definition) is 5. The summed E-state index contributed by atoms with van der Waals surface area (Å²) in [4.78, 5) is 26.2. The highest BCUT2D eigenvalue weighted by Crippen LogP contribution is 2.40. The van der Waals surface area contributed by atoms with Gasteiger partial charge in [-0.05, 0) is 61.8 Å². The Morgan fingerprint density at radius 3 is 2.64 bits per heavy atom. The van der Waals surface area contributed by atoms with Crippen molar-refractivity contribution in [3.05, 3.63) is 45.8 Å². The quantitative estimate of drug-likeness (QED) is 0.717. The number of amides is 1. The van der Waals surface area contributed by atoms with Crippen molar-refractivity contribution in [2.24, 2.45) is 5.92 Å². The maximum atomic E-state index is 12.7. The van der Waals surface area contributed by atoms with Gasteiger partial charge < -0.3 is 14.8 Å². The molecule has 2 atom stereocenters. The maximum Gasteiger partial charge on any atom is 0.341 e. The average Bonchev–Trinajstić information content (AvgIpc) is 3.04. The van der Waals surface area contributed by atoms with E-state index in [4.69, 9.17) is 9.47 Å². The minimum Gasteiger partial charge on any atom is -0.481 e. The molecule has 1 amide bonds. The predicted octanol–water partition coefficient (Wildman–Crippen LogP) is 4.63. The zero-order valence-electron chi connectivity index (χ0n) is 16.8. The van der Waals surface area contributed by atoms with Crippen molar-refractivity contribution in [1.82, 2.24) is 0 Å². The van der Waals surface area contributed by atoms with Crippen LogP contribution in [0.15, 0.2) is 24.3 Å². The number of aryl methyl sites for hydroxylation is 1. The van der Waals surface area contributed by atoms with Gasteiger partial charge in [-0.3, -0.25) is 4.79 Å². The van der Waals surface area contributed by atoms with Gasteiger partial charge in [0.15, 0.2) is 6.10 Å². The molecule has 0 spiro atoms. The lowest BCUT2D eigenvalue weighted by atomic mass is 9.88. The van der Waals surface area contributed by atoms with E-state index in [1.54, 1.807) is 6.92 Å². The molecule has 6 heteroatoms. The standard InChI is InChI=1S/C22H27NO4S/c1-5-15-7-9-16(10-8-15)27-14(3)20(24)23-21-19(22(25)26-4)17-11-6-13(2)12-18(17)28-21/h7-10,13-14H,5-6,11-12H2,1-4H3,(H,23,24)/t13-,14+/m0/s1. The summed E-state index contributed by atoms with van der Waals surface area (Å²) in [5.74, 6) is 0.545. The number of esters is 1. The Hall–Kier alpha value is -2.34. The molecule has 0 bridgehead atoms. The molecular weight excluding hydrogens is 374 g/mol. The summed E-state index contributed by atoms with van der Waals surface area (Å²) in [5.41, 5.74) is 2.74. The molecule has 3 rings (SSSR count). The highest BCUT2D eigenvalue weighted by atomic mass is 32.1. The molecule has 150 valence electrons. The molecule has 0 saturated carbocycles. The first-order valence-electron chi connectivity index (χ1n) is 9.72. The van der Waals surface area contributed by atoms with Crippen LogP contribution in [0, 0.1) is 5.92 Å². The van der Waals surface area contributed by atoms with Crippen molar-refractivity contribution in [2.45, 2.75) is 52.6 Å². The number of nitrogens with one attached hydrogen (secondary N) is 1. The number of hydrogen-bond donors (Lipinski definition) is 1. The second-order valence-electron chi connectivity index (χ2n) is 7.29. The van der Waals surface area contributed by atoms with Gasteiger partial charge >= 0.3 is 5.97 Å². The molecule has 1 aliphatic rings. The summed E-state index contributed by atoms with van der Waals surface area (Å²) in [6, 6.07) is 7.72. The van der Waals surface area contributed by atoms with Crippen LogP contribution in [-0.4, -0.2) is 25.1 Å². The average molecular weight is 402 g/mol. The lowest BCUT2D eigenvalue weighted by molar-refractivity contribution is -0.122. The minimum atomic E-state index is -0.684. The number of thiophene rings is 1. The number of rotatable bonds is 6. The smallest absolute Gasteiger partial charge is 0.341 e. The highest BCUT2D eigenvalue weighted by molar-refractivity contribution is 7.17. The monoisotopic (exact) mass is 401 g/mol. The van der Waals surface area contributed by atoms with E-state index in [1.807, 2.05) is 24.3 Å². The van der Waals surface area contributed by atoms with Crippen LogP contribution in [0.4, 0.5) is 5.00 Å². The third-order valence-corrected chi connectivity index (χ3v) is 6.32. The van der Waals surface area contributed by atoms with Crippen molar-refractivity contribution < 1.29 is 19.1 Å².